The first-order chi connectivity index (χ1) is 15.8. The maximum Gasteiger partial charge on any atom is 0.262 e. The van der Waals surface area contributed by atoms with Crippen LogP contribution in [0.2, 0.25) is 0 Å². The molecule has 0 aliphatic heterocycles. The second-order valence-electron chi connectivity index (χ2n) is 8.61. The molecule has 6 nitrogen and oxygen atoms in total. The van der Waals surface area contributed by atoms with Crippen LogP contribution in [0.25, 0.3) is 22.9 Å². The lowest BCUT2D eigenvalue weighted by molar-refractivity contribution is -0.118. The van der Waals surface area contributed by atoms with Crippen LogP contribution in [0.5, 0.6) is 5.75 Å². The minimum Gasteiger partial charge on any atom is -0.484 e. The third kappa shape index (κ3) is 5.98. The lowest BCUT2D eigenvalue weighted by Gasteiger charge is -2.18. The van der Waals surface area contributed by atoms with Crippen molar-refractivity contribution in [2.75, 3.05) is 11.9 Å². The molecule has 0 radical (unpaired) electrons. The number of aromatic nitrogens is 2. The molecule has 1 heterocycles. The van der Waals surface area contributed by atoms with Gasteiger partial charge in [-0.25, -0.2) is 0 Å². The van der Waals surface area contributed by atoms with Crippen LogP contribution in [0.1, 0.15) is 26.3 Å². The fraction of sp³-hybridized carbons (Fsp3) is 0.192. The highest BCUT2D eigenvalue weighted by Gasteiger charge is 2.15. The molecule has 0 saturated heterocycles. The fourth-order valence-electron chi connectivity index (χ4n) is 3.14. The molecule has 0 unspecified atom stereocenters. The molecule has 1 N–H and O–H groups in total. The number of halogens is 1. The van der Waals surface area contributed by atoms with E-state index in [1.54, 1.807) is 12.1 Å². The van der Waals surface area contributed by atoms with E-state index in [2.05, 4.69) is 71.0 Å². The maximum absolute atomic E-state index is 12.2. The van der Waals surface area contributed by atoms with Crippen LogP contribution in [0, 0.1) is 3.57 Å². The van der Waals surface area contributed by atoms with Gasteiger partial charge in [0.2, 0.25) is 11.8 Å². The SMILES string of the molecule is CC(C)(C)c1ccc(-c2nnc(-c3ccc(NC(=O)COc4ccc(I)cc4)cc3)o2)cc1. The monoisotopic (exact) mass is 553 g/mol. The van der Waals surface area contributed by atoms with Crippen LogP contribution in [-0.2, 0) is 10.2 Å². The van der Waals surface area contributed by atoms with Gasteiger partial charge in [-0.15, -0.1) is 10.2 Å². The average molecular weight is 553 g/mol. The Kier molecular flexibility index (Phi) is 6.78. The van der Waals surface area contributed by atoms with Gasteiger partial charge < -0.3 is 14.5 Å². The van der Waals surface area contributed by atoms with Gasteiger partial charge in [0.25, 0.3) is 5.91 Å². The Hall–Kier alpha value is -3.20. The summed E-state index contributed by atoms with van der Waals surface area (Å²) >= 11 is 2.22. The van der Waals surface area contributed by atoms with Gasteiger partial charge in [0.15, 0.2) is 6.61 Å². The van der Waals surface area contributed by atoms with Gasteiger partial charge in [-0.2, -0.15) is 0 Å². The summed E-state index contributed by atoms with van der Waals surface area (Å²) in [5.41, 5.74) is 3.63. The summed E-state index contributed by atoms with van der Waals surface area (Å²) < 4.78 is 12.5. The number of nitrogens with one attached hydrogen (secondary N) is 1. The number of benzene rings is 3. The second kappa shape index (κ2) is 9.74. The molecule has 0 saturated carbocycles. The fourth-order valence-corrected chi connectivity index (χ4v) is 3.50. The molecule has 1 aromatic heterocycles. The summed E-state index contributed by atoms with van der Waals surface area (Å²) in [6, 6.07) is 22.9. The minimum atomic E-state index is -0.236. The third-order valence-corrected chi connectivity index (χ3v) is 5.74. The molecule has 0 aliphatic carbocycles. The van der Waals surface area contributed by atoms with Crippen molar-refractivity contribution < 1.29 is 13.9 Å². The molecule has 0 fully saturated rings. The Labute approximate surface area is 206 Å². The number of carbonyl (C=O) groups is 1. The number of nitrogens with zero attached hydrogens (tertiary/aromatic N) is 2. The van der Waals surface area contributed by atoms with Gasteiger partial charge in [0, 0.05) is 20.4 Å². The first kappa shape index (κ1) is 23.0. The zero-order valence-electron chi connectivity index (χ0n) is 18.6. The lowest BCUT2D eigenvalue weighted by Crippen LogP contribution is -2.20. The summed E-state index contributed by atoms with van der Waals surface area (Å²) in [6.07, 6.45) is 0. The van der Waals surface area contributed by atoms with Crippen LogP contribution in [0.4, 0.5) is 5.69 Å². The predicted molar refractivity (Wildman–Crippen MR) is 137 cm³/mol. The van der Waals surface area contributed by atoms with E-state index in [1.165, 1.54) is 5.56 Å². The zero-order chi connectivity index (χ0) is 23.4. The first-order valence-electron chi connectivity index (χ1n) is 10.5. The topological polar surface area (TPSA) is 77.2 Å². The van der Waals surface area contributed by atoms with Crippen LogP contribution in [0.15, 0.2) is 77.2 Å². The normalized spacial score (nSPS) is 11.3. The van der Waals surface area contributed by atoms with Crippen LogP contribution < -0.4 is 10.1 Å². The van der Waals surface area contributed by atoms with E-state index in [0.29, 0.717) is 23.2 Å². The molecule has 168 valence electrons. The van der Waals surface area contributed by atoms with Crippen molar-refractivity contribution in [1.29, 1.82) is 0 Å². The molecule has 1 amide bonds. The van der Waals surface area contributed by atoms with E-state index in [0.717, 1.165) is 14.7 Å². The Morgan fingerprint density at radius 3 is 1.97 bits per heavy atom. The van der Waals surface area contributed by atoms with Crippen molar-refractivity contribution in [2.45, 2.75) is 26.2 Å². The third-order valence-electron chi connectivity index (χ3n) is 5.02. The molecular formula is C26H24IN3O3. The number of amides is 1. The van der Waals surface area contributed by atoms with E-state index in [4.69, 9.17) is 9.15 Å². The highest BCUT2D eigenvalue weighted by atomic mass is 127. The highest BCUT2D eigenvalue weighted by Crippen LogP contribution is 2.28. The number of ether oxygens (including phenoxy) is 1. The first-order valence-corrected chi connectivity index (χ1v) is 11.6. The van der Waals surface area contributed by atoms with Crippen LogP contribution >= 0.6 is 22.6 Å². The molecule has 0 bridgehead atoms. The van der Waals surface area contributed by atoms with Gasteiger partial charge in [-0.3, -0.25) is 4.79 Å². The Morgan fingerprint density at radius 1 is 0.879 bits per heavy atom. The standard InChI is InChI=1S/C26H24IN3O3/c1-26(2,3)19-8-4-17(5-9-19)24-29-30-25(33-24)18-6-12-21(13-7-18)28-23(31)16-32-22-14-10-20(27)11-15-22/h4-15H,16H2,1-3H3,(H,28,31). The lowest BCUT2D eigenvalue weighted by atomic mass is 9.87. The van der Waals surface area contributed by atoms with E-state index >= 15 is 0 Å². The number of hydrogen-bond acceptors (Lipinski definition) is 5. The van der Waals surface area contributed by atoms with Gasteiger partial charge in [-0.1, -0.05) is 32.9 Å². The van der Waals surface area contributed by atoms with Crippen molar-refractivity contribution >= 4 is 34.2 Å². The molecule has 3 aromatic carbocycles. The molecule has 33 heavy (non-hydrogen) atoms. The summed E-state index contributed by atoms with van der Waals surface area (Å²) in [7, 11) is 0. The van der Waals surface area contributed by atoms with Crippen molar-refractivity contribution in [3.63, 3.8) is 0 Å². The summed E-state index contributed by atoms with van der Waals surface area (Å²) in [5.74, 6) is 1.31. The Morgan fingerprint density at radius 2 is 1.42 bits per heavy atom. The zero-order valence-corrected chi connectivity index (χ0v) is 20.8. The molecule has 0 atom stereocenters. The molecule has 4 rings (SSSR count). The van der Waals surface area contributed by atoms with E-state index in [-0.39, 0.29) is 17.9 Å². The van der Waals surface area contributed by atoms with Gasteiger partial charge in [-0.05, 0) is 94.2 Å². The summed E-state index contributed by atoms with van der Waals surface area (Å²) in [6.45, 7) is 6.46. The van der Waals surface area contributed by atoms with Crippen LogP contribution in [-0.4, -0.2) is 22.7 Å². The average Bonchev–Trinajstić information content (AvgIpc) is 3.29. The largest absolute Gasteiger partial charge is 0.484 e. The Balaban J connectivity index is 1.37. The Bertz CT molecular complexity index is 1230. The van der Waals surface area contributed by atoms with Crippen LogP contribution in [0.3, 0.4) is 0 Å². The number of anilines is 1. The van der Waals surface area contributed by atoms with Crippen molar-refractivity contribution in [3.05, 3.63) is 81.9 Å². The van der Waals surface area contributed by atoms with Crippen molar-refractivity contribution in [2.24, 2.45) is 0 Å². The van der Waals surface area contributed by atoms with Crippen molar-refractivity contribution in [1.82, 2.24) is 10.2 Å². The summed E-state index contributed by atoms with van der Waals surface area (Å²) in [5, 5.41) is 11.2. The smallest absolute Gasteiger partial charge is 0.262 e. The molecule has 7 heteroatoms. The van der Waals surface area contributed by atoms with Crippen molar-refractivity contribution in [3.8, 4) is 28.7 Å². The second-order valence-corrected chi connectivity index (χ2v) is 9.85. The van der Waals surface area contributed by atoms with Gasteiger partial charge in [0.1, 0.15) is 5.75 Å². The number of carbonyl (C=O) groups excluding carboxylic acids is 1. The van der Waals surface area contributed by atoms with E-state index < -0.39 is 0 Å². The summed E-state index contributed by atoms with van der Waals surface area (Å²) in [4.78, 5) is 12.2. The van der Waals surface area contributed by atoms with E-state index in [1.807, 2.05) is 48.5 Å². The maximum atomic E-state index is 12.2. The minimum absolute atomic E-state index is 0.0661. The van der Waals surface area contributed by atoms with Gasteiger partial charge in [0.05, 0.1) is 0 Å². The van der Waals surface area contributed by atoms with Gasteiger partial charge >= 0.3 is 0 Å². The highest BCUT2D eigenvalue weighted by molar-refractivity contribution is 14.1. The number of hydrogen-bond donors (Lipinski definition) is 1. The molecule has 4 aromatic rings. The molecule has 0 aliphatic rings. The number of rotatable bonds is 6. The molecule has 0 spiro atoms. The van der Waals surface area contributed by atoms with E-state index in [9.17, 15) is 4.79 Å². The quantitative estimate of drug-likeness (QED) is 0.283. The molecular weight excluding hydrogens is 529 g/mol. The predicted octanol–water partition coefficient (Wildman–Crippen LogP) is 6.32.